The first kappa shape index (κ1) is 19.3. The Labute approximate surface area is 117 Å². The number of halogens is 2. The van der Waals surface area contributed by atoms with E-state index in [0.717, 1.165) is 19.4 Å². The predicted octanol–water partition coefficient (Wildman–Crippen LogP) is 1.12. The van der Waals surface area contributed by atoms with Crippen molar-refractivity contribution >= 4 is 30.7 Å². The standard InChI is InChI=1S/C11H23N3O.2ClH/c1-8-7-10(5-6-13(8)3)14(4)11(15)9(2)12;;/h8-10H,5-7,12H2,1-4H3;2*1H/t8?,9-,10?;;/m1../s1. The fourth-order valence-electron chi connectivity index (χ4n) is 2.12. The molecule has 3 atom stereocenters. The molecule has 0 aromatic rings. The van der Waals surface area contributed by atoms with E-state index in [1.807, 2.05) is 11.9 Å². The van der Waals surface area contributed by atoms with Crippen LogP contribution in [-0.4, -0.2) is 54.5 Å². The lowest BCUT2D eigenvalue weighted by Crippen LogP contribution is -2.51. The van der Waals surface area contributed by atoms with Gasteiger partial charge in [0, 0.05) is 25.7 Å². The van der Waals surface area contributed by atoms with Crippen LogP contribution in [0.4, 0.5) is 0 Å². The number of rotatable bonds is 2. The van der Waals surface area contributed by atoms with Gasteiger partial charge >= 0.3 is 0 Å². The zero-order valence-corrected chi connectivity index (χ0v) is 12.7. The maximum absolute atomic E-state index is 11.7. The van der Waals surface area contributed by atoms with Crippen molar-refractivity contribution in [1.29, 1.82) is 0 Å². The molecule has 2 unspecified atom stereocenters. The molecule has 0 saturated carbocycles. The van der Waals surface area contributed by atoms with Gasteiger partial charge in [-0.25, -0.2) is 0 Å². The van der Waals surface area contributed by atoms with Crippen LogP contribution < -0.4 is 5.73 Å². The van der Waals surface area contributed by atoms with Crippen molar-refractivity contribution in [3.8, 4) is 0 Å². The molecule has 4 nitrogen and oxygen atoms in total. The lowest BCUT2D eigenvalue weighted by Gasteiger charge is -2.39. The van der Waals surface area contributed by atoms with Gasteiger partial charge in [0.2, 0.25) is 5.91 Å². The number of hydrogen-bond donors (Lipinski definition) is 1. The first-order valence-electron chi connectivity index (χ1n) is 5.66. The highest BCUT2D eigenvalue weighted by Gasteiger charge is 2.28. The SMILES string of the molecule is CC1CC(N(C)C(=O)[C@@H](C)N)CCN1C.Cl.Cl. The minimum absolute atomic E-state index is 0. The van der Waals surface area contributed by atoms with Crippen LogP contribution in [-0.2, 0) is 4.79 Å². The Morgan fingerprint density at radius 3 is 2.41 bits per heavy atom. The van der Waals surface area contributed by atoms with Crippen LogP contribution in [0.2, 0.25) is 0 Å². The van der Waals surface area contributed by atoms with Crippen LogP contribution in [0.25, 0.3) is 0 Å². The average Bonchev–Trinajstić information content (AvgIpc) is 2.19. The highest BCUT2D eigenvalue weighted by molar-refractivity contribution is 5.85. The number of hydrogen-bond acceptors (Lipinski definition) is 3. The van der Waals surface area contributed by atoms with Crippen LogP contribution in [0.15, 0.2) is 0 Å². The molecule has 17 heavy (non-hydrogen) atoms. The molecule has 2 N–H and O–H groups in total. The highest BCUT2D eigenvalue weighted by atomic mass is 35.5. The Hall–Kier alpha value is -0.0300. The summed E-state index contributed by atoms with van der Waals surface area (Å²) in [5.41, 5.74) is 5.60. The van der Waals surface area contributed by atoms with Crippen LogP contribution in [0.1, 0.15) is 26.7 Å². The first-order chi connectivity index (χ1) is 6.93. The van der Waals surface area contributed by atoms with Gasteiger partial charge in [-0.2, -0.15) is 0 Å². The van der Waals surface area contributed by atoms with Gasteiger partial charge in [-0.05, 0) is 33.7 Å². The number of nitrogens with two attached hydrogens (primary N) is 1. The molecule has 1 heterocycles. The summed E-state index contributed by atoms with van der Waals surface area (Å²) in [7, 11) is 4.00. The molecular formula is C11H25Cl2N3O. The second-order valence-electron chi connectivity index (χ2n) is 4.75. The molecule has 0 aliphatic carbocycles. The Kier molecular flexibility index (Phi) is 9.25. The van der Waals surface area contributed by atoms with Gasteiger partial charge in [-0.15, -0.1) is 24.8 Å². The molecule has 0 aromatic carbocycles. The van der Waals surface area contributed by atoms with E-state index in [4.69, 9.17) is 5.73 Å². The minimum Gasteiger partial charge on any atom is -0.341 e. The Bertz CT molecular complexity index is 239. The molecule has 0 spiro atoms. The van der Waals surface area contributed by atoms with Crippen LogP contribution in [0.5, 0.6) is 0 Å². The molecule has 0 aromatic heterocycles. The van der Waals surface area contributed by atoms with Crippen molar-refractivity contribution in [2.24, 2.45) is 5.73 Å². The number of piperidine rings is 1. The summed E-state index contributed by atoms with van der Waals surface area (Å²) >= 11 is 0. The summed E-state index contributed by atoms with van der Waals surface area (Å²) < 4.78 is 0. The van der Waals surface area contributed by atoms with Crippen molar-refractivity contribution in [3.63, 3.8) is 0 Å². The number of carbonyl (C=O) groups is 1. The summed E-state index contributed by atoms with van der Waals surface area (Å²) in [6.07, 6.45) is 2.10. The molecule has 6 heteroatoms. The van der Waals surface area contributed by atoms with Crippen molar-refractivity contribution in [1.82, 2.24) is 9.80 Å². The Balaban J connectivity index is 0. The quantitative estimate of drug-likeness (QED) is 0.827. The van der Waals surface area contributed by atoms with Gasteiger partial charge < -0.3 is 15.5 Å². The second-order valence-corrected chi connectivity index (χ2v) is 4.75. The molecule has 1 rings (SSSR count). The van der Waals surface area contributed by atoms with E-state index < -0.39 is 0 Å². The van der Waals surface area contributed by atoms with E-state index in [9.17, 15) is 4.79 Å². The summed E-state index contributed by atoms with van der Waals surface area (Å²) in [4.78, 5) is 15.9. The van der Waals surface area contributed by atoms with E-state index in [1.165, 1.54) is 0 Å². The number of amides is 1. The van der Waals surface area contributed by atoms with Crippen molar-refractivity contribution < 1.29 is 4.79 Å². The molecule has 1 saturated heterocycles. The zero-order valence-electron chi connectivity index (χ0n) is 11.0. The third-order valence-electron chi connectivity index (χ3n) is 3.47. The third-order valence-corrected chi connectivity index (χ3v) is 3.47. The number of nitrogens with zero attached hydrogens (tertiary/aromatic N) is 2. The molecule has 1 aliphatic rings. The predicted molar refractivity (Wildman–Crippen MR) is 76.0 cm³/mol. The fraction of sp³-hybridized carbons (Fsp3) is 0.909. The average molecular weight is 286 g/mol. The van der Waals surface area contributed by atoms with Gasteiger partial charge in [0.25, 0.3) is 0 Å². The van der Waals surface area contributed by atoms with E-state index in [1.54, 1.807) is 6.92 Å². The normalized spacial score (nSPS) is 26.4. The van der Waals surface area contributed by atoms with Crippen molar-refractivity contribution in [3.05, 3.63) is 0 Å². The number of likely N-dealkylation sites (N-methyl/N-ethyl adjacent to an activating group) is 1. The van der Waals surface area contributed by atoms with E-state index >= 15 is 0 Å². The lowest BCUT2D eigenvalue weighted by atomic mass is 9.97. The molecule has 104 valence electrons. The highest BCUT2D eigenvalue weighted by Crippen LogP contribution is 2.19. The summed E-state index contributed by atoms with van der Waals surface area (Å²) in [5.74, 6) is 0.0525. The largest absolute Gasteiger partial charge is 0.341 e. The Morgan fingerprint density at radius 1 is 1.47 bits per heavy atom. The molecule has 0 bridgehead atoms. The molecule has 0 radical (unpaired) electrons. The van der Waals surface area contributed by atoms with E-state index in [2.05, 4.69) is 18.9 Å². The summed E-state index contributed by atoms with van der Waals surface area (Å²) in [5, 5.41) is 0. The third kappa shape index (κ3) is 5.00. The molecule has 1 amide bonds. The zero-order chi connectivity index (χ0) is 11.6. The molecular weight excluding hydrogens is 261 g/mol. The fourth-order valence-corrected chi connectivity index (χ4v) is 2.12. The van der Waals surface area contributed by atoms with Crippen LogP contribution >= 0.6 is 24.8 Å². The number of carbonyl (C=O) groups excluding carboxylic acids is 1. The Morgan fingerprint density at radius 2 is 2.00 bits per heavy atom. The second kappa shape index (κ2) is 8.14. The van der Waals surface area contributed by atoms with Crippen molar-refractivity contribution in [2.75, 3.05) is 20.6 Å². The maximum atomic E-state index is 11.7. The topological polar surface area (TPSA) is 49.6 Å². The molecule has 1 fully saturated rings. The van der Waals surface area contributed by atoms with Gasteiger partial charge in [-0.3, -0.25) is 4.79 Å². The monoisotopic (exact) mass is 285 g/mol. The minimum atomic E-state index is -0.384. The van der Waals surface area contributed by atoms with Crippen LogP contribution in [0.3, 0.4) is 0 Å². The van der Waals surface area contributed by atoms with Gasteiger partial charge in [0.05, 0.1) is 6.04 Å². The van der Waals surface area contributed by atoms with Gasteiger partial charge in [0.15, 0.2) is 0 Å². The number of likely N-dealkylation sites (tertiary alicyclic amines) is 1. The summed E-state index contributed by atoms with van der Waals surface area (Å²) in [6, 6.07) is 0.520. The van der Waals surface area contributed by atoms with Gasteiger partial charge in [0.1, 0.15) is 0 Å². The smallest absolute Gasteiger partial charge is 0.239 e. The van der Waals surface area contributed by atoms with Crippen molar-refractivity contribution in [2.45, 2.75) is 44.8 Å². The summed E-state index contributed by atoms with van der Waals surface area (Å²) in [6.45, 7) is 5.01. The molecule has 1 aliphatic heterocycles. The van der Waals surface area contributed by atoms with E-state index in [-0.39, 0.29) is 36.8 Å². The van der Waals surface area contributed by atoms with Crippen LogP contribution in [0, 0.1) is 0 Å². The maximum Gasteiger partial charge on any atom is 0.239 e. The van der Waals surface area contributed by atoms with Gasteiger partial charge in [-0.1, -0.05) is 0 Å². The first-order valence-corrected chi connectivity index (χ1v) is 5.66. The lowest BCUT2D eigenvalue weighted by molar-refractivity contribution is -0.134. The van der Waals surface area contributed by atoms with E-state index in [0.29, 0.717) is 12.1 Å².